The number of Topliss-reactive ketones (excluding diaryl/α,β-unsaturated/α-hetero) is 1. The van der Waals surface area contributed by atoms with Crippen LogP contribution in [0.2, 0.25) is 0 Å². The number of hydrogen-bond acceptors (Lipinski definition) is 10. The largest absolute Gasteiger partial charge is 1.00 e. The van der Waals surface area contributed by atoms with E-state index in [1.807, 2.05) is 0 Å². The molecule has 1 aromatic carbocycles. The van der Waals surface area contributed by atoms with Gasteiger partial charge in [0.05, 0.1) is 15.5 Å². The van der Waals surface area contributed by atoms with Gasteiger partial charge in [-0.05, 0) is 23.8 Å². The van der Waals surface area contributed by atoms with E-state index in [0.717, 1.165) is 36.4 Å². The minimum atomic E-state index is -5.32. The molecule has 2 aliphatic rings. The normalized spacial score (nSPS) is 16.0. The monoisotopic (exact) mass is 513 g/mol. The maximum absolute atomic E-state index is 12.5. The predicted octanol–water partition coefficient (Wildman–Crippen LogP) is -5.07. The van der Waals surface area contributed by atoms with Gasteiger partial charge in [0.2, 0.25) is 15.9 Å². The summed E-state index contributed by atoms with van der Waals surface area (Å²) in [5, 5.41) is 29.7. The van der Waals surface area contributed by atoms with Crippen LogP contribution in [0.4, 0.5) is 11.4 Å². The summed E-state index contributed by atoms with van der Waals surface area (Å²) in [5.74, 6) is -2.16. The molecule has 162 valence electrons. The number of carbonyl (C=O) groups excluding carboxylic acids is 1. The Morgan fingerprint density at radius 1 is 1.00 bits per heavy atom. The molecule has 33 heavy (non-hydrogen) atoms. The van der Waals surface area contributed by atoms with Crippen LogP contribution in [-0.2, 0) is 25.0 Å². The standard InChI is InChI=1S/C16H11N3O10S2.2Na/c20-13-4-1-9(19(22)23)7-12(13)17-18-15-11-3-2-10(30(24,25)26)5-8(11)6-14(16(15)21)31(27,28)29;;/h1-7,20H,(H2,24,25,26)(H,27,28,29);;/q;2*+1/p-2. The van der Waals surface area contributed by atoms with Crippen LogP contribution < -0.4 is 64.2 Å². The van der Waals surface area contributed by atoms with E-state index in [0.29, 0.717) is 6.08 Å². The molecule has 0 unspecified atom stereocenters. The van der Waals surface area contributed by atoms with E-state index in [9.17, 15) is 46.3 Å². The maximum atomic E-state index is 12.5. The summed E-state index contributed by atoms with van der Waals surface area (Å²) >= 11 is 0. The zero-order valence-electron chi connectivity index (χ0n) is 16.9. The van der Waals surface area contributed by atoms with Gasteiger partial charge in [-0.25, -0.2) is 12.6 Å². The van der Waals surface area contributed by atoms with Crippen LogP contribution in [0.15, 0.2) is 74.5 Å². The zero-order chi connectivity index (χ0) is 23.1. The molecule has 0 amide bonds. The molecule has 0 aromatic heterocycles. The van der Waals surface area contributed by atoms with Crippen LogP contribution in [0.25, 0.3) is 0 Å². The first-order chi connectivity index (χ1) is 14.3. The fourth-order valence-corrected chi connectivity index (χ4v) is 3.69. The van der Waals surface area contributed by atoms with Gasteiger partial charge in [-0.1, -0.05) is 17.9 Å². The SMILES string of the molecule is O=C1C(S(=O)(=O)[O-])=CC2=CC(=S(=O)(O)O)C=CC2=C1N=Nc1cc([N+](=O)[O-])ccc1[O-].[Na+].[Na+]. The summed E-state index contributed by atoms with van der Waals surface area (Å²) in [7, 11) is -9.77. The third kappa shape index (κ3) is 6.55. The second-order valence-electron chi connectivity index (χ2n) is 6.00. The molecule has 0 aliphatic heterocycles. The summed E-state index contributed by atoms with van der Waals surface area (Å²) in [5.41, 5.74) is -2.11. The number of rotatable bonds is 4. The number of non-ortho nitro benzene ring substituents is 1. The molecule has 17 heteroatoms. The number of nitro benzene ring substituents is 1. The number of azo groups is 1. The smallest absolute Gasteiger partial charge is 0.871 e. The van der Waals surface area contributed by atoms with Crippen LogP contribution in [0.3, 0.4) is 0 Å². The van der Waals surface area contributed by atoms with Crippen molar-refractivity contribution in [3.8, 4) is 5.75 Å². The molecule has 0 fully saturated rings. The topological polar surface area (TPSA) is 223 Å². The first kappa shape index (κ1) is 29.5. The number of nitro groups is 1. The van der Waals surface area contributed by atoms with Crippen LogP contribution in [-0.4, -0.2) is 41.9 Å². The molecular formula is C16H9N3Na2O10S2. The number of nitrogens with zero attached hydrogens (tertiary/aromatic N) is 3. The van der Waals surface area contributed by atoms with Crippen molar-refractivity contribution in [1.82, 2.24) is 0 Å². The Hall–Kier alpha value is -1.50. The van der Waals surface area contributed by atoms with Gasteiger partial charge in [-0.15, -0.1) is 5.11 Å². The van der Waals surface area contributed by atoms with E-state index >= 15 is 0 Å². The van der Waals surface area contributed by atoms with E-state index < -0.39 is 63.5 Å². The molecule has 13 nitrogen and oxygen atoms in total. The van der Waals surface area contributed by atoms with Gasteiger partial charge in [0.25, 0.3) is 5.69 Å². The fraction of sp³-hybridized carbons (Fsp3) is 0. The van der Waals surface area contributed by atoms with Gasteiger partial charge in [0.1, 0.15) is 20.7 Å². The zero-order valence-corrected chi connectivity index (χ0v) is 22.5. The predicted molar refractivity (Wildman–Crippen MR) is 103 cm³/mol. The second-order valence-corrected chi connectivity index (χ2v) is 8.81. The van der Waals surface area contributed by atoms with E-state index in [4.69, 9.17) is 0 Å². The third-order valence-corrected chi connectivity index (χ3v) is 5.70. The molecule has 0 atom stereocenters. The number of benzene rings is 1. The van der Waals surface area contributed by atoms with Gasteiger partial charge >= 0.3 is 59.1 Å². The van der Waals surface area contributed by atoms with Crippen molar-refractivity contribution in [2.45, 2.75) is 0 Å². The Labute approximate surface area is 230 Å². The Morgan fingerprint density at radius 3 is 2.18 bits per heavy atom. The van der Waals surface area contributed by atoms with Crippen LogP contribution in [0, 0.1) is 10.1 Å². The van der Waals surface area contributed by atoms with E-state index in [1.54, 1.807) is 0 Å². The number of ketones is 1. The Balaban J connectivity index is 0.00000272. The molecule has 1 aromatic rings. The van der Waals surface area contributed by atoms with E-state index in [2.05, 4.69) is 10.2 Å². The van der Waals surface area contributed by atoms with Crippen LogP contribution >= 0.6 is 0 Å². The number of carbonyl (C=O) groups is 1. The third-order valence-electron chi connectivity index (χ3n) is 3.99. The van der Waals surface area contributed by atoms with Gasteiger partial charge in [-0.3, -0.25) is 24.0 Å². The molecule has 0 heterocycles. The molecule has 2 N–H and O–H groups in total. The molecule has 0 saturated carbocycles. The van der Waals surface area contributed by atoms with E-state index in [1.165, 1.54) is 0 Å². The minimum absolute atomic E-state index is 0. The van der Waals surface area contributed by atoms with Gasteiger partial charge in [-0.2, -0.15) is 5.11 Å². The molecule has 2 aliphatic carbocycles. The van der Waals surface area contributed by atoms with E-state index in [-0.39, 0.29) is 70.3 Å². The number of fused-ring (bicyclic) bond motifs is 1. The van der Waals surface area contributed by atoms with Crippen molar-refractivity contribution in [3.05, 3.63) is 74.4 Å². The molecule has 0 bridgehead atoms. The molecular weight excluding hydrogens is 504 g/mol. The maximum Gasteiger partial charge on any atom is 1.00 e. The molecule has 0 radical (unpaired) electrons. The second kappa shape index (κ2) is 10.8. The van der Waals surface area contributed by atoms with Crippen LogP contribution in [0.1, 0.15) is 0 Å². The van der Waals surface area contributed by atoms with Gasteiger partial charge < -0.3 is 9.66 Å². The average molecular weight is 513 g/mol. The Bertz CT molecular complexity index is 1420. The van der Waals surface area contributed by atoms with Crippen molar-refractivity contribution in [2.75, 3.05) is 0 Å². The fourth-order valence-electron chi connectivity index (χ4n) is 2.57. The summed E-state index contributed by atoms with van der Waals surface area (Å²) < 4.78 is 64.4. The van der Waals surface area contributed by atoms with Crippen LogP contribution in [0.5, 0.6) is 5.75 Å². The average Bonchev–Trinajstić information content (AvgIpc) is 2.65. The first-order valence-electron chi connectivity index (χ1n) is 7.89. The molecule has 0 spiro atoms. The van der Waals surface area contributed by atoms with Crippen molar-refractivity contribution >= 4 is 42.2 Å². The first-order valence-corrected chi connectivity index (χ1v) is 10.8. The summed E-state index contributed by atoms with van der Waals surface area (Å²) in [4.78, 5) is 20.8. The molecule has 0 saturated heterocycles. The minimum Gasteiger partial charge on any atom is -0.871 e. The van der Waals surface area contributed by atoms with Crippen molar-refractivity contribution in [1.29, 1.82) is 0 Å². The summed E-state index contributed by atoms with van der Waals surface area (Å²) in [6.07, 6.45) is 3.48. The number of hydrogen-bond donors (Lipinski definition) is 2. The summed E-state index contributed by atoms with van der Waals surface area (Å²) in [6, 6.07) is 2.54. The van der Waals surface area contributed by atoms with Crippen molar-refractivity contribution < 1.29 is 100 Å². The van der Waals surface area contributed by atoms with Gasteiger partial charge in [0, 0.05) is 17.7 Å². The summed E-state index contributed by atoms with van der Waals surface area (Å²) in [6.45, 7) is 0. The molecule has 3 rings (SSSR count). The Kier molecular flexibility index (Phi) is 9.69. The van der Waals surface area contributed by atoms with Crippen molar-refractivity contribution in [3.63, 3.8) is 0 Å². The van der Waals surface area contributed by atoms with Crippen molar-refractivity contribution in [2.24, 2.45) is 10.2 Å². The van der Waals surface area contributed by atoms with Gasteiger partial charge in [0.15, 0.2) is 0 Å². The number of allylic oxidation sites excluding steroid dienone is 7. The quantitative estimate of drug-likeness (QED) is 0.0973. The Morgan fingerprint density at radius 2 is 1.64 bits per heavy atom.